The summed E-state index contributed by atoms with van der Waals surface area (Å²) < 4.78 is 11.2. The number of hydrogen-bond acceptors (Lipinski definition) is 6. The van der Waals surface area contributed by atoms with Gasteiger partial charge in [-0.2, -0.15) is 10.5 Å². The average molecular weight is 250 g/mol. The maximum atomic E-state index is 9.16. The van der Waals surface area contributed by atoms with Crippen molar-refractivity contribution in [2.75, 3.05) is 19.8 Å². The van der Waals surface area contributed by atoms with Crippen molar-refractivity contribution in [3.8, 4) is 12.1 Å². The Morgan fingerprint density at radius 3 is 2.28 bits per heavy atom. The fourth-order valence-corrected chi connectivity index (χ4v) is 1.91. The predicted octanol–water partition coefficient (Wildman–Crippen LogP) is 0.895. The molecule has 0 aromatic heterocycles. The normalized spacial score (nSPS) is 23.3. The van der Waals surface area contributed by atoms with Crippen molar-refractivity contribution in [3.05, 3.63) is 11.4 Å². The van der Waals surface area contributed by atoms with E-state index in [0.29, 0.717) is 25.5 Å². The molecule has 2 atom stereocenters. The van der Waals surface area contributed by atoms with Gasteiger partial charge in [0.25, 0.3) is 0 Å². The lowest BCUT2D eigenvalue weighted by molar-refractivity contribution is -0.144. The summed E-state index contributed by atoms with van der Waals surface area (Å²) in [5, 5.41) is 21.1. The highest BCUT2D eigenvalue weighted by Crippen LogP contribution is 2.22. The highest BCUT2D eigenvalue weighted by molar-refractivity contribution is 5.37. The van der Waals surface area contributed by atoms with Gasteiger partial charge in [0.05, 0.1) is 0 Å². The second-order valence-corrected chi connectivity index (χ2v) is 3.60. The van der Waals surface area contributed by atoms with E-state index in [9.17, 15) is 0 Å². The lowest BCUT2D eigenvalue weighted by Crippen LogP contribution is -2.56. The Hall–Kier alpha value is -1.76. The van der Waals surface area contributed by atoms with Crippen molar-refractivity contribution < 1.29 is 9.47 Å². The average Bonchev–Trinajstić information content (AvgIpc) is 2.39. The molecule has 0 fully saturated rings. The summed E-state index contributed by atoms with van der Waals surface area (Å²) in [6.07, 6.45) is -0.839. The van der Waals surface area contributed by atoms with Crippen LogP contribution in [0, 0.1) is 22.7 Å². The monoisotopic (exact) mass is 250 g/mol. The number of nitriles is 2. The van der Waals surface area contributed by atoms with Crippen LogP contribution in [0.25, 0.3) is 0 Å². The molecule has 0 amide bonds. The summed E-state index contributed by atoms with van der Waals surface area (Å²) in [5.41, 5.74) is 0.531. The molecule has 6 heteroatoms. The molecule has 0 aliphatic carbocycles. The highest BCUT2D eigenvalue weighted by atomic mass is 16.6. The van der Waals surface area contributed by atoms with E-state index in [1.807, 2.05) is 32.9 Å². The van der Waals surface area contributed by atoms with Gasteiger partial charge < -0.3 is 19.7 Å². The Morgan fingerprint density at radius 2 is 1.83 bits per heavy atom. The summed E-state index contributed by atoms with van der Waals surface area (Å²) in [7, 11) is 0. The van der Waals surface area contributed by atoms with Crippen LogP contribution in [-0.2, 0) is 9.47 Å². The zero-order valence-corrected chi connectivity index (χ0v) is 10.9. The smallest absolute Gasteiger partial charge is 0.175 e. The van der Waals surface area contributed by atoms with Crippen molar-refractivity contribution >= 4 is 0 Å². The van der Waals surface area contributed by atoms with Gasteiger partial charge >= 0.3 is 0 Å². The third-order valence-electron chi connectivity index (χ3n) is 2.62. The van der Waals surface area contributed by atoms with Crippen LogP contribution in [0.4, 0.5) is 0 Å². The number of hydrogen-bond donors (Lipinski definition) is 1. The molecular formula is C12H18N4O2. The molecule has 18 heavy (non-hydrogen) atoms. The second kappa shape index (κ2) is 6.85. The van der Waals surface area contributed by atoms with E-state index in [0.717, 1.165) is 0 Å². The van der Waals surface area contributed by atoms with Crippen LogP contribution in [-0.4, -0.2) is 37.1 Å². The van der Waals surface area contributed by atoms with E-state index in [-0.39, 0.29) is 5.70 Å². The summed E-state index contributed by atoms with van der Waals surface area (Å²) >= 11 is 0. The predicted molar refractivity (Wildman–Crippen MR) is 64.6 cm³/mol. The van der Waals surface area contributed by atoms with E-state index in [1.165, 1.54) is 0 Å². The summed E-state index contributed by atoms with van der Waals surface area (Å²) in [4.78, 5) is 1.75. The van der Waals surface area contributed by atoms with Gasteiger partial charge in [-0.05, 0) is 20.8 Å². The van der Waals surface area contributed by atoms with Gasteiger partial charge in [-0.3, -0.25) is 0 Å². The Kier molecular flexibility index (Phi) is 5.44. The van der Waals surface area contributed by atoms with Crippen molar-refractivity contribution in [2.24, 2.45) is 0 Å². The first-order valence-electron chi connectivity index (χ1n) is 6.04. The lowest BCUT2D eigenvalue weighted by atomic mass is 10.2. The van der Waals surface area contributed by atoms with Crippen molar-refractivity contribution in [1.29, 1.82) is 10.5 Å². The molecule has 0 radical (unpaired) electrons. The van der Waals surface area contributed by atoms with Crippen LogP contribution in [0.5, 0.6) is 0 Å². The van der Waals surface area contributed by atoms with Crippen molar-refractivity contribution in [1.82, 2.24) is 10.2 Å². The fourth-order valence-electron chi connectivity index (χ4n) is 1.91. The summed E-state index contributed by atoms with van der Waals surface area (Å²) in [5.74, 6) is 0. The Balaban J connectivity index is 3.11. The van der Waals surface area contributed by atoms with Gasteiger partial charge in [0.2, 0.25) is 0 Å². The van der Waals surface area contributed by atoms with Gasteiger partial charge in [-0.15, -0.1) is 0 Å². The molecule has 0 saturated heterocycles. The van der Waals surface area contributed by atoms with E-state index in [1.54, 1.807) is 4.90 Å². The Morgan fingerprint density at radius 1 is 1.17 bits per heavy atom. The zero-order valence-electron chi connectivity index (χ0n) is 10.9. The molecule has 1 aliphatic rings. The fraction of sp³-hybridized carbons (Fsp3) is 0.667. The molecule has 0 aromatic carbocycles. The Bertz CT molecular complexity index is 394. The molecule has 6 nitrogen and oxygen atoms in total. The van der Waals surface area contributed by atoms with Crippen LogP contribution >= 0.6 is 0 Å². The molecule has 0 bridgehead atoms. The van der Waals surface area contributed by atoms with E-state index < -0.39 is 12.5 Å². The molecule has 1 aliphatic heterocycles. The largest absolute Gasteiger partial charge is 0.354 e. The first-order chi connectivity index (χ1) is 8.73. The van der Waals surface area contributed by atoms with Crippen LogP contribution in [0.2, 0.25) is 0 Å². The molecule has 0 aromatic rings. The van der Waals surface area contributed by atoms with Gasteiger partial charge in [0, 0.05) is 19.8 Å². The molecule has 98 valence electrons. The Labute approximate surface area is 107 Å². The number of nitrogens with zero attached hydrogens (tertiary/aromatic N) is 3. The molecule has 0 spiro atoms. The maximum absolute atomic E-state index is 9.16. The van der Waals surface area contributed by atoms with Gasteiger partial charge in [0.1, 0.15) is 17.8 Å². The first-order valence-corrected chi connectivity index (χ1v) is 6.04. The quantitative estimate of drug-likeness (QED) is 0.780. The minimum atomic E-state index is -0.443. The molecule has 1 rings (SSSR count). The lowest BCUT2D eigenvalue weighted by Gasteiger charge is -2.40. The first kappa shape index (κ1) is 14.3. The van der Waals surface area contributed by atoms with Crippen molar-refractivity contribution in [2.45, 2.75) is 33.2 Å². The number of likely N-dealkylation sites (N-methyl/N-ethyl adjacent to an activating group) is 1. The standard InChI is InChI=1S/C12H18N4O2/c1-4-16-10(8-14)9(7-13)15-11(17-5-2)12(16)18-6-3/h11-12,15H,4-6H2,1-3H3/t11-,12+/m1/s1. The number of nitrogens with one attached hydrogen (secondary N) is 1. The number of rotatable bonds is 5. The zero-order chi connectivity index (χ0) is 13.5. The maximum Gasteiger partial charge on any atom is 0.175 e. The third kappa shape index (κ3) is 2.73. The van der Waals surface area contributed by atoms with Gasteiger partial charge in [-0.25, -0.2) is 0 Å². The number of allylic oxidation sites excluding steroid dienone is 2. The third-order valence-corrected chi connectivity index (χ3v) is 2.62. The second-order valence-electron chi connectivity index (χ2n) is 3.60. The summed E-state index contributed by atoms with van der Waals surface area (Å²) in [6.45, 7) is 7.24. The van der Waals surface area contributed by atoms with Crippen LogP contribution in [0.15, 0.2) is 11.4 Å². The minimum Gasteiger partial charge on any atom is -0.354 e. The van der Waals surface area contributed by atoms with E-state index >= 15 is 0 Å². The van der Waals surface area contributed by atoms with Crippen molar-refractivity contribution in [3.63, 3.8) is 0 Å². The van der Waals surface area contributed by atoms with Gasteiger partial charge in [-0.1, -0.05) is 0 Å². The van der Waals surface area contributed by atoms with Gasteiger partial charge in [0.15, 0.2) is 18.2 Å². The number of ether oxygens (including phenoxy) is 2. The molecule has 1 N–H and O–H groups in total. The SMILES string of the molecule is CCO[C@H]1NC(C#N)=C(C#N)N(CC)[C@H]1OCC. The highest BCUT2D eigenvalue weighted by Gasteiger charge is 2.36. The van der Waals surface area contributed by atoms with Crippen LogP contribution in [0.1, 0.15) is 20.8 Å². The van der Waals surface area contributed by atoms with E-state index in [2.05, 4.69) is 5.32 Å². The summed E-state index contributed by atoms with van der Waals surface area (Å²) in [6, 6.07) is 4.03. The molecule has 0 saturated carbocycles. The minimum absolute atomic E-state index is 0.230. The topological polar surface area (TPSA) is 81.3 Å². The van der Waals surface area contributed by atoms with Crippen LogP contribution < -0.4 is 5.32 Å². The van der Waals surface area contributed by atoms with E-state index in [4.69, 9.17) is 20.0 Å². The molecular weight excluding hydrogens is 232 g/mol. The van der Waals surface area contributed by atoms with Crippen LogP contribution in [0.3, 0.4) is 0 Å². The molecule has 1 heterocycles. The molecule has 0 unspecified atom stereocenters.